The zero-order chi connectivity index (χ0) is 90.0. The van der Waals surface area contributed by atoms with Crippen LogP contribution in [0, 0.1) is 5.92 Å². The molecule has 6 rings (SSSR count). The summed E-state index contributed by atoms with van der Waals surface area (Å²) in [5, 5.41) is 119. The van der Waals surface area contributed by atoms with Crippen molar-refractivity contribution in [3.8, 4) is 11.5 Å². The molecule has 1 aliphatic rings. The van der Waals surface area contributed by atoms with Gasteiger partial charge in [0.15, 0.2) is 6.04 Å². The summed E-state index contributed by atoms with van der Waals surface area (Å²) in [6.07, 6.45) is -5.81. The van der Waals surface area contributed by atoms with Gasteiger partial charge in [-0.2, -0.15) is 0 Å². The van der Waals surface area contributed by atoms with Crippen LogP contribution in [-0.2, 0) is 107 Å². The number of phenolic OH excluding ortho intramolecular Hbond substituents is 2. The van der Waals surface area contributed by atoms with Crippen LogP contribution in [-0.4, -0.2) is 268 Å². The third-order valence-electron chi connectivity index (χ3n) is 19.5. The molecule has 662 valence electrons. The lowest BCUT2D eigenvalue weighted by atomic mass is 10.0. The standard InChI is InChI=1S/C79H105N17O26/c1-40(2)30-53(69(112)87-52(25-27-63(103)104)77(120)96-29-9-15-61(96)76(119)92-56(34-44-37-84-49-13-7-6-12-47(44)49)72(115)91-57(35-64(105)106)73(116)93-58(78(121)122)36-65(107)108)88-74(117)59(38-97)95-75(118)60(39-98)94-68(111)51(24-26-62(101)102)86-70(113)54(32-42-16-20-45(99)21-17-42)90-71(114)55(33-43-18-22-46(100)23-19-43)89-67(110)50(14-8-28-83-79(81)82)85-66(109)48(80)31-41-10-4-3-5-11-41/h3-7,10-13,16-23,37,40,48,50-61,79,83-84,97-100H,8-9,14-15,24-36,38-39,80-82H2,1-2H3,(H,85,109)(H,86,113)(H,87,112)(H,88,117)(H,89,110)(H,90,114)(H,91,115)(H,92,119)(H,93,116)(H,94,111)(H,95,118)(H,101,102)(H,103,104)(H,105,106)(H,107,108)(H,121,122)/p+1/t48-,50-,51-,52-,53-,54-,55-,56-,57-,58-,59-,60-,61-/m0/s1. The first-order valence-corrected chi connectivity index (χ1v) is 39.0. The molecule has 1 aromatic heterocycles. The van der Waals surface area contributed by atoms with Crippen LogP contribution in [0.1, 0.15) is 107 Å². The molecule has 1 aliphatic heterocycles. The third kappa shape index (κ3) is 31.8. The summed E-state index contributed by atoms with van der Waals surface area (Å²) in [6, 6.07) is 3.86. The van der Waals surface area contributed by atoms with E-state index in [1.165, 1.54) is 54.7 Å². The first-order chi connectivity index (χ1) is 57.8. The van der Waals surface area contributed by atoms with Crippen LogP contribution in [0.2, 0.25) is 0 Å². The summed E-state index contributed by atoms with van der Waals surface area (Å²) < 4.78 is 0. The van der Waals surface area contributed by atoms with E-state index >= 15 is 0 Å². The Morgan fingerprint density at radius 1 is 0.451 bits per heavy atom. The van der Waals surface area contributed by atoms with Gasteiger partial charge in [0.1, 0.15) is 90.3 Å². The van der Waals surface area contributed by atoms with E-state index in [2.05, 4.69) is 69.2 Å². The molecule has 13 atom stereocenters. The smallest absolute Gasteiger partial charge is 0.326 e. The molecule has 12 amide bonds. The van der Waals surface area contributed by atoms with Gasteiger partial charge < -0.3 is 132 Å². The first-order valence-electron chi connectivity index (χ1n) is 39.0. The predicted molar refractivity (Wildman–Crippen MR) is 427 cm³/mol. The molecule has 122 heavy (non-hydrogen) atoms. The van der Waals surface area contributed by atoms with Crippen molar-refractivity contribution in [2.24, 2.45) is 17.4 Å². The van der Waals surface area contributed by atoms with Gasteiger partial charge in [-0.1, -0.05) is 86.6 Å². The number of fused-ring (bicyclic) bond motifs is 1. The van der Waals surface area contributed by atoms with Crippen LogP contribution in [0.4, 0.5) is 0 Å². The number of aromatic hydroxyl groups is 2. The van der Waals surface area contributed by atoms with Crippen LogP contribution in [0.25, 0.3) is 10.9 Å². The minimum absolute atomic E-state index is 0.0390. The lowest BCUT2D eigenvalue weighted by molar-refractivity contribution is -0.403. The molecule has 2 heterocycles. The maximum atomic E-state index is 14.9. The number of aromatic nitrogens is 1. The van der Waals surface area contributed by atoms with Gasteiger partial charge in [0.05, 0.1) is 26.1 Å². The molecule has 4 aromatic carbocycles. The number of aliphatic hydroxyl groups is 2. The van der Waals surface area contributed by atoms with E-state index in [0.29, 0.717) is 22.0 Å². The molecular weight excluding hydrogens is 1600 g/mol. The van der Waals surface area contributed by atoms with Crippen molar-refractivity contribution in [1.82, 2.24) is 73.7 Å². The van der Waals surface area contributed by atoms with Crippen molar-refractivity contribution in [3.63, 3.8) is 0 Å². The molecule has 43 nitrogen and oxygen atoms in total. The van der Waals surface area contributed by atoms with Gasteiger partial charge in [0.25, 0.3) is 5.91 Å². The largest absolute Gasteiger partial charge is 0.508 e. The highest BCUT2D eigenvalue weighted by Crippen LogP contribution is 2.24. The number of carboxylic acid groups (broad SMARTS) is 5. The Morgan fingerprint density at radius 3 is 1.37 bits per heavy atom. The Labute approximate surface area is 697 Å². The highest BCUT2D eigenvalue weighted by Gasteiger charge is 2.42. The minimum atomic E-state index is -2.09. The Morgan fingerprint density at radius 2 is 0.861 bits per heavy atom. The Bertz CT molecular complexity index is 4500. The number of carbonyl (C=O) groups excluding carboxylic acids is 12. The number of aliphatic carboxylic acids is 5. The van der Waals surface area contributed by atoms with E-state index in [9.17, 15) is 127 Å². The first kappa shape index (κ1) is 97.6. The number of likely N-dealkylation sites (tertiary alicyclic amines) is 1. The predicted octanol–water partition coefficient (Wildman–Crippen LogP) is -5.85. The number of carboxylic acids is 5. The number of aromatic amines is 1. The molecule has 0 saturated carbocycles. The number of phenols is 2. The quantitative estimate of drug-likeness (QED) is 0.0127. The molecule has 43 heteroatoms. The van der Waals surface area contributed by atoms with Gasteiger partial charge in [-0.15, -0.1) is 0 Å². The number of amides is 12. The van der Waals surface area contributed by atoms with Crippen molar-refractivity contribution < 1.29 is 133 Å². The summed E-state index contributed by atoms with van der Waals surface area (Å²) in [5.74, 6) is -22.6. The second-order valence-electron chi connectivity index (χ2n) is 29.6. The number of hydrogen-bond donors (Lipinski definition) is 25. The number of nitrogens with one attached hydrogen (secondary N) is 13. The molecule has 29 N–H and O–H groups in total. The van der Waals surface area contributed by atoms with E-state index in [1.807, 2.05) is 5.32 Å². The maximum absolute atomic E-state index is 14.9. The number of para-hydroxylation sites is 1. The number of rotatable bonds is 51. The molecule has 1 fully saturated rings. The van der Waals surface area contributed by atoms with Crippen LogP contribution >= 0.6 is 0 Å². The van der Waals surface area contributed by atoms with Crippen molar-refractivity contribution in [2.45, 2.75) is 195 Å². The number of quaternary nitrogens is 1. The van der Waals surface area contributed by atoms with E-state index in [4.69, 9.17) is 11.5 Å². The molecule has 1 saturated heterocycles. The Kier molecular flexibility index (Phi) is 38.5. The third-order valence-corrected chi connectivity index (χ3v) is 19.5. The summed E-state index contributed by atoms with van der Waals surface area (Å²) >= 11 is 0. The second kappa shape index (κ2) is 48.1. The topological polar surface area (TPSA) is 715 Å². The van der Waals surface area contributed by atoms with Crippen molar-refractivity contribution in [1.29, 1.82) is 0 Å². The van der Waals surface area contributed by atoms with Gasteiger partial charge in [-0.25, -0.2) is 4.79 Å². The number of hydrogen-bond acceptors (Lipinski definition) is 24. The van der Waals surface area contributed by atoms with Crippen molar-refractivity contribution in [2.75, 3.05) is 26.3 Å². The van der Waals surface area contributed by atoms with Crippen LogP contribution in [0.5, 0.6) is 11.5 Å². The van der Waals surface area contributed by atoms with Crippen molar-refractivity contribution in [3.05, 3.63) is 132 Å². The SMILES string of the molecule is CC(C)C[C@H](NC(=O)[C@H](CO)NC(=O)[C@H](CO)NC(=O)[C@H](CCC(=O)O)NC(=O)[C@H](Cc1ccc(O)cc1)NC(=O)[C@H](Cc1ccc(O)cc1)NC(=O)[C@H](CCCNC(N)N)NC(=O)[C@@H]([NH3+])Cc1ccccc1)C(=O)N[C@@H](CCC(=O)O)C(=O)N1CCC[C@H]1C(=O)N[C@@H](Cc1c[nH]c2ccccc12)C(=O)N[C@@H](CC(=O)O)C(=O)N[C@@H](CC(=O)O)C(=O)O. The Hall–Kier alpha value is -13.2. The molecule has 0 unspecified atom stereocenters. The second-order valence-corrected chi connectivity index (χ2v) is 29.6. The Balaban J connectivity index is 1.19. The number of nitrogens with two attached hydrogens (primary N) is 2. The van der Waals surface area contributed by atoms with E-state index in [0.717, 1.165) is 10.5 Å². The van der Waals surface area contributed by atoms with Crippen LogP contribution < -0.4 is 81.0 Å². The maximum Gasteiger partial charge on any atom is 0.326 e. The monoisotopic (exact) mass is 1710 g/mol. The highest BCUT2D eigenvalue weighted by atomic mass is 16.4. The van der Waals surface area contributed by atoms with Gasteiger partial charge in [-0.05, 0) is 110 Å². The summed E-state index contributed by atoms with van der Waals surface area (Å²) in [4.78, 5) is 236. The summed E-state index contributed by atoms with van der Waals surface area (Å²) in [7, 11) is 0. The average molecular weight is 1710 g/mol. The fourth-order valence-electron chi connectivity index (χ4n) is 13.1. The average Bonchev–Trinajstić information content (AvgIpc) is 1.63. The number of carbonyl (C=O) groups is 17. The zero-order valence-electron chi connectivity index (χ0n) is 66.8. The lowest BCUT2D eigenvalue weighted by Crippen LogP contribution is -2.70. The molecule has 5 aromatic rings. The van der Waals surface area contributed by atoms with E-state index in [1.54, 1.807) is 68.4 Å². The normalized spacial score (nSPS) is 15.4. The van der Waals surface area contributed by atoms with Gasteiger partial charge >= 0.3 is 29.8 Å². The number of benzene rings is 4. The van der Waals surface area contributed by atoms with E-state index < -0.39 is 250 Å². The minimum Gasteiger partial charge on any atom is -0.508 e. The van der Waals surface area contributed by atoms with E-state index in [-0.39, 0.29) is 81.5 Å². The fraction of sp³-hybridized carbons (Fsp3) is 0.456. The number of aliphatic hydroxyl groups excluding tert-OH is 2. The summed E-state index contributed by atoms with van der Waals surface area (Å²) in [5.41, 5.74) is 17.7. The summed E-state index contributed by atoms with van der Waals surface area (Å²) in [6.45, 7) is 0.640. The fourth-order valence-corrected chi connectivity index (χ4v) is 13.1. The molecule has 0 spiro atoms. The zero-order valence-corrected chi connectivity index (χ0v) is 66.8. The van der Waals surface area contributed by atoms with Gasteiger partial charge in [0.2, 0.25) is 65.0 Å². The van der Waals surface area contributed by atoms with Crippen molar-refractivity contribution >= 4 is 112 Å². The lowest BCUT2D eigenvalue weighted by Gasteiger charge is -2.31. The van der Waals surface area contributed by atoms with Gasteiger partial charge in [0, 0.05) is 62.2 Å². The number of H-pyrrole nitrogens is 1. The number of nitrogens with zero attached hydrogens (tertiary/aromatic N) is 1. The van der Waals surface area contributed by atoms with Crippen LogP contribution in [0.15, 0.2) is 109 Å². The molecular formula is C79H106N17O26+. The van der Waals surface area contributed by atoms with Gasteiger partial charge in [-0.3, -0.25) is 82.0 Å². The highest BCUT2D eigenvalue weighted by molar-refractivity contribution is 6.01. The molecule has 0 aliphatic carbocycles. The molecule has 0 bridgehead atoms. The molecule has 0 radical (unpaired) electrons. The van der Waals surface area contributed by atoms with Crippen LogP contribution in [0.3, 0.4) is 0 Å².